The molecular weight excluding hydrogens is 252 g/mol. The van der Waals surface area contributed by atoms with Crippen molar-refractivity contribution in [3.63, 3.8) is 0 Å². The van der Waals surface area contributed by atoms with E-state index in [-0.39, 0.29) is 11.8 Å². The number of hydrogen-bond donors (Lipinski definition) is 2. The summed E-state index contributed by atoms with van der Waals surface area (Å²) >= 11 is 0. The fraction of sp³-hybridized carbons (Fsp3) is 0.417. The molecule has 0 radical (unpaired) electrons. The molecule has 0 fully saturated rings. The maximum atomic E-state index is 11.1. The van der Waals surface area contributed by atoms with E-state index in [2.05, 4.69) is 5.32 Å². The van der Waals surface area contributed by atoms with E-state index < -0.39 is 15.7 Å². The molecule has 0 bridgehead atoms. The normalized spacial score (nSPS) is 13.2. The van der Waals surface area contributed by atoms with Crippen molar-refractivity contribution in [2.75, 3.05) is 12.0 Å². The summed E-state index contributed by atoms with van der Waals surface area (Å²) in [5.74, 6) is -0.385. The fourth-order valence-corrected chi connectivity index (χ4v) is 2.67. The Balaban J connectivity index is 2.58. The first kappa shape index (κ1) is 14.7. The topological polar surface area (TPSA) is 89.3 Å². The van der Waals surface area contributed by atoms with Gasteiger partial charge in [-0.2, -0.15) is 0 Å². The molecule has 1 aromatic rings. The average molecular weight is 270 g/mol. The van der Waals surface area contributed by atoms with Crippen molar-refractivity contribution < 1.29 is 13.2 Å². The second-order valence-corrected chi connectivity index (χ2v) is 6.62. The number of nitrogens with one attached hydrogen (secondary N) is 1. The minimum Gasteiger partial charge on any atom is -0.366 e. The molecule has 0 spiro atoms. The summed E-state index contributed by atoms with van der Waals surface area (Å²) in [6.45, 7) is 2.30. The summed E-state index contributed by atoms with van der Waals surface area (Å²) in [4.78, 5) is 11.0. The smallest absolute Gasteiger partial charge is 0.248 e. The van der Waals surface area contributed by atoms with Crippen molar-refractivity contribution in [1.82, 2.24) is 5.32 Å². The molecule has 18 heavy (non-hydrogen) atoms. The van der Waals surface area contributed by atoms with Crippen LogP contribution in [0.4, 0.5) is 0 Å². The van der Waals surface area contributed by atoms with E-state index in [1.165, 1.54) is 6.26 Å². The highest BCUT2D eigenvalue weighted by Crippen LogP contribution is 2.05. The summed E-state index contributed by atoms with van der Waals surface area (Å²) in [5.41, 5.74) is 6.53. The Morgan fingerprint density at radius 2 is 2.11 bits per heavy atom. The SMILES string of the molecule is CC(CS(C)(=O)=O)NCc1cccc(C(N)=O)c1. The predicted molar refractivity (Wildman–Crippen MR) is 71.0 cm³/mol. The zero-order chi connectivity index (χ0) is 13.8. The minimum atomic E-state index is -2.99. The second kappa shape index (κ2) is 5.97. The van der Waals surface area contributed by atoms with Gasteiger partial charge in [0.15, 0.2) is 0 Å². The molecule has 0 saturated heterocycles. The van der Waals surface area contributed by atoms with E-state index in [0.29, 0.717) is 12.1 Å². The number of amides is 1. The van der Waals surface area contributed by atoms with Gasteiger partial charge in [-0.3, -0.25) is 4.79 Å². The molecule has 0 heterocycles. The van der Waals surface area contributed by atoms with Gasteiger partial charge in [0.2, 0.25) is 5.91 Å². The van der Waals surface area contributed by atoms with E-state index in [0.717, 1.165) is 5.56 Å². The highest BCUT2D eigenvalue weighted by molar-refractivity contribution is 7.90. The van der Waals surface area contributed by atoms with Crippen LogP contribution in [0.5, 0.6) is 0 Å². The van der Waals surface area contributed by atoms with Gasteiger partial charge in [0, 0.05) is 24.4 Å². The number of rotatable bonds is 6. The van der Waals surface area contributed by atoms with Gasteiger partial charge in [0.05, 0.1) is 5.75 Å². The Hall–Kier alpha value is -1.40. The van der Waals surface area contributed by atoms with Crippen LogP contribution >= 0.6 is 0 Å². The summed E-state index contributed by atoms with van der Waals surface area (Å²) in [7, 11) is -2.99. The van der Waals surface area contributed by atoms with E-state index in [4.69, 9.17) is 5.73 Å². The molecule has 0 aliphatic rings. The number of nitrogens with two attached hydrogens (primary N) is 1. The van der Waals surface area contributed by atoms with Gasteiger partial charge < -0.3 is 11.1 Å². The van der Waals surface area contributed by atoms with Crippen molar-refractivity contribution in [2.45, 2.75) is 19.5 Å². The van der Waals surface area contributed by atoms with Crippen LogP contribution < -0.4 is 11.1 Å². The summed E-state index contributed by atoms with van der Waals surface area (Å²) < 4.78 is 22.2. The van der Waals surface area contributed by atoms with Crippen LogP contribution in [0.15, 0.2) is 24.3 Å². The maximum absolute atomic E-state index is 11.1. The lowest BCUT2D eigenvalue weighted by molar-refractivity contribution is 0.1000. The van der Waals surface area contributed by atoms with Crippen LogP contribution in [0.2, 0.25) is 0 Å². The quantitative estimate of drug-likeness (QED) is 0.778. The van der Waals surface area contributed by atoms with Crippen molar-refractivity contribution >= 4 is 15.7 Å². The zero-order valence-electron chi connectivity index (χ0n) is 10.5. The summed E-state index contributed by atoms with van der Waals surface area (Å²) in [5, 5.41) is 3.09. The monoisotopic (exact) mass is 270 g/mol. The van der Waals surface area contributed by atoms with Crippen molar-refractivity contribution in [3.8, 4) is 0 Å². The molecule has 1 atom stereocenters. The highest BCUT2D eigenvalue weighted by atomic mass is 32.2. The van der Waals surface area contributed by atoms with E-state index >= 15 is 0 Å². The lowest BCUT2D eigenvalue weighted by Crippen LogP contribution is -2.32. The number of benzene rings is 1. The lowest BCUT2D eigenvalue weighted by Gasteiger charge is -2.12. The Bertz CT molecular complexity index is 526. The molecule has 1 rings (SSSR count). The lowest BCUT2D eigenvalue weighted by atomic mass is 10.1. The Kier molecular flexibility index (Phi) is 4.86. The van der Waals surface area contributed by atoms with Gasteiger partial charge in [0.1, 0.15) is 9.84 Å². The third-order valence-electron chi connectivity index (χ3n) is 2.42. The van der Waals surface area contributed by atoms with Crippen molar-refractivity contribution in [2.24, 2.45) is 5.73 Å². The van der Waals surface area contributed by atoms with Crippen LogP contribution in [0.25, 0.3) is 0 Å². The second-order valence-electron chi connectivity index (χ2n) is 4.44. The number of primary amides is 1. The van der Waals surface area contributed by atoms with E-state index in [9.17, 15) is 13.2 Å². The molecule has 6 heteroatoms. The van der Waals surface area contributed by atoms with Gasteiger partial charge in [-0.15, -0.1) is 0 Å². The Morgan fingerprint density at radius 3 is 2.67 bits per heavy atom. The van der Waals surface area contributed by atoms with Crippen LogP contribution in [0.1, 0.15) is 22.8 Å². The molecule has 1 aromatic carbocycles. The molecule has 0 aromatic heterocycles. The van der Waals surface area contributed by atoms with Crippen LogP contribution in [-0.2, 0) is 16.4 Å². The van der Waals surface area contributed by atoms with Gasteiger partial charge >= 0.3 is 0 Å². The van der Waals surface area contributed by atoms with Crippen LogP contribution in [-0.4, -0.2) is 32.4 Å². The predicted octanol–water partition coefficient (Wildman–Crippen LogP) is 0.308. The standard InChI is InChI=1S/C12H18N2O3S/c1-9(8-18(2,16)17)14-7-10-4-3-5-11(6-10)12(13)15/h3-6,9,14H,7-8H2,1-2H3,(H2,13,15). The number of carbonyl (C=O) groups excluding carboxylic acids is 1. The van der Waals surface area contributed by atoms with E-state index in [1.807, 2.05) is 6.07 Å². The zero-order valence-corrected chi connectivity index (χ0v) is 11.3. The molecule has 0 aliphatic carbocycles. The van der Waals surface area contributed by atoms with Gasteiger partial charge in [0.25, 0.3) is 0 Å². The molecular formula is C12H18N2O3S. The van der Waals surface area contributed by atoms with Gasteiger partial charge in [-0.05, 0) is 24.6 Å². The van der Waals surface area contributed by atoms with Gasteiger partial charge in [-0.25, -0.2) is 8.42 Å². The highest BCUT2D eigenvalue weighted by Gasteiger charge is 2.10. The average Bonchev–Trinajstić information content (AvgIpc) is 2.24. The first-order valence-corrected chi connectivity index (χ1v) is 7.64. The molecule has 3 N–H and O–H groups in total. The third kappa shape index (κ3) is 5.29. The first-order valence-electron chi connectivity index (χ1n) is 5.58. The third-order valence-corrected chi connectivity index (χ3v) is 3.52. The number of sulfone groups is 1. The minimum absolute atomic E-state index is 0.0858. The molecule has 100 valence electrons. The fourth-order valence-electron chi connectivity index (χ4n) is 1.64. The molecule has 1 amide bonds. The van der Waals surface area contributed by atoms with Crippen LogP contribution in [0.3, 0.4) is 0 Å². The molecule has 0 saturated carbocycles. The molecule has 0 aliphatic heterocycles. The molecule has 5 nitrogen and oxygen atoms in total. The van der Waals surface area contributed by atoms with Crippen LogP contribution in [0, 0.1) is 0 Å². The number of hydrogen-bond acceptors (Lipinski definition) is 4. The van der Waals surface area contributed by atoms with Crippen molar-refractivity contribution in [3.05, 3.63) is 35.4 Å². The Labute approximate surface area is 107 Å². The first-order chi connectivity index (χ1) is 8.28. The Morgan fingerprint density at radius 1 is 1.44 bits per heavy atom. The number of carbonyl (C=O) groups is 1. The van der Waals surface area contributed by atoms with E-state index in [1.54, 1.807) is 25.1 Å². The summed E-state index contributed by atoms with van der Waals surface area (Å²) in [6.07, 6.45) is 1.21. The molecule has 1 unspecified atom stereocenters. The maximum Gasteiger partial charge on any atom is 0.248 e. The largest absolute Gasteiger partial charge is 0.366 e. The summed E-state index contributed by atoms with van der Waals surface area (Å²) in [6, 6.07) is 6.80. The van der Waals surface area contributed by atoms with Gasteiger partial charge in [-0.1, -0.05) is 12.1 Å². The van der Waals surface area contributed by atoms with Crippen molar-refractivity contribution in [1.29, 1.82) is 0 Å².